The Hall–Kier alpha value is -2.35. The maximum Gasteiger partial charge on any atom is 0.253 e. The van der Waals surface area contributed by atoms with Crippen LogP contribution in [0.4, 0.5) is 0 Å². The van der Waals surface area contributed by atoms with Gasteiger partial charge < -0.3 is 4.90 Å². The quantitative estimate of drug-likeness (QED) is 0.450. The fourth-order valence-corrected chi connectivity index (χ4v) is 4.02. The maximum atomic E-state index is 12.4. The molecule has 0 bridgehead atoms. The molecule has 0 N–H and O–H groups in total. The molecule has 0 aliphatic heterocycles. The van der Waals surface area contributed by atoms with E-state index in [4.69, 9.17) is 0 Å². The van der Waals surface area contributed by atoms with E-state index >= 15 is 0 Å². The van der Waals surface area contributed by atoms with Gasteiger partial charge in [0, 0.05) is 18.7 Å². The van der Waals surface area contributed by atoms with Crippen LogP contribution in [0.15, 0.2) is 65.3 Å². The second kappa shape index (κ2) is 10.4. The highest BCUT2D eigenvalue weighted by atomic mass is 16.2. The molecule has 156 valence electrons. The number of hydrogen-bond donors (Lipinski definition) is 0. The molecule has 1 aromatic carbocycles. The summed E-state index contributed by atoms with van der Waals surface area (Å²) in [6, 6.07) is 7.84. The molecule has 0 fully saturated rings. The summed E-state index contributed by atoms with van der Waals surface area (Å²) in [6.07, 6.45) is 14.6. The van der Waals surface area contributed by atoms with E-state index in [-0.39, 0.29) is 11.3 Å². The summed E-state index contributed by atoms with van der Waals surface area (Å²) >= 11 is 0. The van der Waals surface area contributed by atoms with Gasteiger partial charge in [0.05, 0.1) is 0 Å². The van der Waals surface area contributed by atoms with Crippen LogP contribution in [0.5, 0.6) is 0 Å². The molecule has 0 atom stereocenters. The SMILES string of the molecule is CCN(CC)C(=O)c1ccc(/C=C/C=C(C)/C=C/C2=C(C)CCCC2(C)C)cc1. The average Bonchev–Trinajstić information content (AvgIpc) is 2.68. The minimum Gasteiger partial charge on any atom is -0.339 e. The lowest BCUT2D eigenvalue weighted by Gasteiger charge is -2.32. The summed E-state index contributed by atoms with van der Waals surface area (Å²) in [5.41, 5.74) is 6.38. The number of nitrogens with zero attached hydrogens (tertiary/aromatic N) is 1. The predicted molar refractivity (Wildman–Crippen MR) is 126 cm³/mol. The second-order valence-electron chi connectivity index (χ2n) is 8.63. The van der Waals surface area contributed by atoms with E-state index in [0.29, 0.717) is 0 Å². The van der Waals surface area contributed by atoms with Crippen LogP contribution in [-0.2, 0) is 0 Å². The Balaban J connectivity index is 2.03. The van der Waals surface area contributed by atoms with Crippen molar-refractivity contribution in [3.8, 4) is 0 Å². The molecule has 1 aliphatic rings. The summed E-state index contributed by atoms with van der Waals surface area (Å²) in [5.74, 6) is 0.0987. The molecule has 0 unspecified atom stereocenters. The van der Waals surface area contributed by atoms with Gasteiger partial charge in [-0.25, -0.2) is 0 Å². The molecule has 1 amide bonds. The zero-order valence-corrected chi connectivity index (χ0v) is 19.1. The van der Waals surface area contributed by atoms with Gasteiger partial charge in [0.1, 0.15) is 0 Å². The minimum absolute atomic E-state index is 0.0987. The van der Waals surface area contributed by atoms with Crippen LogP contribution in [0.1, 0.15) is 76.7 Å². The molecule has 29 heavy (non-hydrogen) atoms. The van der Waals surface area contributed by atoms with Crippen molar-refractivity contribution >= 4 is 12.0 Å². The molecule has 0 saturated heterocycles. The highest BCUT2D eigenvalue weighted by Crippen LogP contribution is 2.40. The molecule has 0 spiro atoms. The first-order valence-corrected chi connectivity index (χ1v) is 10.9. The molecule has 1 aliphatic carbocycles. The number of benzene rings is 1. The second-order valence-corrected chi connectivity index (χ2v) is 8.63. The molecule has 0 aromatic heterocycles. The van der Waals surface area contributed by atoms with Crippen LogP contribution in [-0.4, -0.2) is 23.9 Å². The van der Waals surface area contributed by atoms with Gasteiger partial charge in [-0.3, -0.25) is 4.79 Å². The van der Waals surface area contributed by atoms with E-state index < -0.39 is 0 Å². The van der Waals surface area contributed by atoms with Gasteiger partial charge in [-0.05, 0) is 75.6 Å². The third-order valence-electron chi connectivity index (χ3n) is 5.91. The monoisotopic (exact) mass is 391 g/mol. The molecule has 1 aromatic rings. The highest BCUT2D eigenvalue weighted by molar-refractivity contribution is 5.94. The summed E-state index contributed by atoms with van der Waals surface area (Å²) in [6.45, 7) is 14.6. The number of allylic oxidation sites excluding steroid dienone is 7. The fourth-order valence-electron chi connectivity index (χ4n) is 4.02. The Labute approximate surface area is 177 Å². The van der Waals surface area contributed by atoms with E-state index in [1.165, 1.54) is 36.0 Å². The normalized spacial score (nSPS) is 17.4. The van der Waals surface area contributed by atoms with E-state index in [1.807, 2.05) is 43.0 Å². The van der Waals surface area contributed by atoms with Gasteiger partial charge in [-0.1, -0.05) is 67.5 Å². The van der Waals surface area contributed by atoms with Crippen molar-refractivity contribution in [3.05, 3.63) is 76.4 Å². The lowest BCUT2D eigenvalue weighted by molar-refractivity contribution is 0.0773. The summed E-state index contributed by atoms with van der Waals surface area (Å²) < 4.78 is 0. The summed E-state index contributed by atoms with van der Waals surface area (Å²) in [4.78, 5) is 14.2. The van der Waals surface area contributed by atoms with Crippen LogP contribution in [0, 0.1) is 5.41 Å². The molecule has 2 rings (SSSR count). The number of carbonyl (C=O) groups excluding carboxylic acids is 1. The van der Waals surface area contributed by atoms with Gasteiger partial charge in [-0.2, -0.15) is 0 Å². The lowest BCUT2D eigenvalue weighted by Crippen LogP contribution is -2.30. The Morgan fingerprint density at radius 2 is 1.76 bits per heavy atom. The highest BCUT2D eigenvalue weighted by Gasteiger charge is 2.26. The van der Waals surface area contributed by atoms with Crippen molar-refractivity contribution in [2.75, 3.05) is 13.1 Å². The van der Waals surface area contributed by atoms with Gasteiger partial charge in [0.2, 0.25) is 0 Å². The average molecular weight is 392 g/mol. The zero-order chi connectivity index (χ0) is 21.4. The predicted octanol–water partition coefficient (Wildman–Crippen LogP) is 7.21. The maximum absolute atomic E-state index is 12.4. The van der Waals surface area contributed by atoms with Gasteiger partial charge in [0.25, 0.3) is 5.91 Å². The summed E-state index contributed by atoms with van der Waals surface area (Å²) in [7, 11) is 0. The third-order valence-corrected chi connectivity index (χ3v) is 5.91. The van der Waals surface area contributed by atoms with Gasteiger partial charge in [-0.15, -0.1) is 0 Å². The number of hydrogen-bond acceptors (Lipinski definition) is 1. The number of amides is 1. The van der Waals surface area contributed by atoms with E-state index in [9.17, 15) is 4.79 Å². The first kappa shape index (κ1) is 22.9. The Morgan fingerprint density at radius 1 is 1.10 bits per heavy atom. The number of carbonyl (C=O) groups is 1. The lowest BCUT2D eigenvalue weighted by atomic mass is 9.72. The minimum atomic E-state index is 0.0987. The molecule has 2 nitrogen and oxygen atoms in total. The van der Waals surface area contributed by atoms with E-state index in [2.05, 4.69) is 58.1 Å². The molecular formula is C27H37NO. The molecule has 0 radical (unpaired) electrons. The topological polar surface area (TPSA) is 20.3 Å². The zero-order valence-electron chi connectivity index (χ0n) is 19.1. The third kappa shape index (κ3) is 6.32. The van der Waals surface area contributed by atoms with Crippen LogP contribution >= 0.6 is 0 Å². The molecule has 2 heteroatoms. The fraction of sp³-hybridized carbons (Fsp3) is 0.444. The Morgan fingerprint density at radius 3 is 2.34 bits per heavy atom. The van der Waals surface area contributed by atoms with Crippen molar-refractivity contribution in [2.45, 2.75) is 60.8 Å². The largest absolute Gasteiger partial charge is 0.339 e. The standard InChI is InChI=1S/C27H37NO/c1-7-28(8-2)26(29)24-17-15-23(16-18-24)13-9-11-21(3)14-19-25-22(4)12-10-20-27(25,5)6/h9,11,13-19H,7-8,10,12,20H2,1-6H3/b13-9+,19-14+,21-11+. The van der Waals surface area contributed by atoms with Gasteiger partial charge >= 0.3 is 0 Å². The van der Waals surface area contributed by atoms with Crippen molar-refractivity contribution < 1.29 is 4.79 Å². The van der Waals surface area contributed by atoms with Crippen LogP contribution in [0.3, 0.4) is 0 Å². The van der Waals surface area contributed by atoms with E-state index in [1.54, 1.807) is 0 Å². The first-order chi connectivity index (χ1) is 13.8. The molecule has 0 heterocycles. The van der Waals surface area contributed by atoms with Crippen LogP contribution in [0.2, 0.25) is 0 Å². The van der Waals surface area contributed by atoms with Crippen LogP contribution < -0.4 is 0 Å². The van der Waals surface area contributed by atoms with Crippen molar-refractivity contribution in [2.24, 2.45) is 5.41 Å². The molecular weight excluding hydrogens is 354 g/mol. The Bertz CT molecular complexity index is 815. The van der Waals surface area contributed by atoms with Crippen molar-refractivity contribution in [3.63, 3.8) is 0 Å². The van der Waals surface area contributed by atoms with Gasteiger partial charge in [0.15, 0.2) is 0 Å². The van der Waals surface area contributed by atoms with E-state index in [0.717, 1.165) is 24.2 Å². The number of rotatable bonds is 7. The molecule has 0 saturated carbocycles. The smallest absolute Gasteiger partial charge is 0.253 e. The van der Waals surface area contributed by atoms with Crippen molar-refractivity contribution in [1.29, 1.82) is 0 Å². The summed E-state index contributed by atoms with van der Waals surface area (Å²) in [5, 5.41) is 0. The first-order valence-electron chi connectivity index (χ1n) is 10.9. The van der Waals surface area contributed by atoms with Crippen molar-refractivity contribution in [1.82, 2.24) is 4.90 Å². The van der Waals surface area contributed by atoms with Crippen LogP contribution in [0.25, 0.3) is 6.08 Å². The Kier molecular flexibility index (Phi) is 8.25.